The first-order valence-corrected chi connectivity index (χ1v) is 8.32. The normalized spacial score (nSPS) is 15.0. The number of nitro benzene ring substituents is 1. The summed E-state index contributed by atoms with van der Waals surface area (Å²) >= 11 is 0. The molecule has 130 valence electrons. The van der Waals surface area contributed by atoms with Crippen LogP contribution in [0.5, 0.6) is 0 Å². The van der Waals surface area contributed by atoms with E-state index in [4.69, 9.17) is 0 Å². The Kier molecular flexibility index (Phi) is 6.28. The molecule has 1 heterocycles. The molecule has 1 amide bonds. The lowest BCUT2D eigenvalue weighted by Gasteiger charge is -2.29. The standard InChI is InChI=1S/C17H24N4O3/c1-13(2)10-17(22)19-18-12-14-11-15(21(23)24)6-7-16(14)20-8-4-3-5-9-20/h6-7,11-13H,3-5,8-10H2,1-2H3,(H,19,22)/b18-12-. The lowest BCUT2D eigenvalue weighted by atomic mass is 10.1. The van der Waals surface area contributed by atoms with Gasteiger partial charge in [-0.1, -0.05) is 13.8 Å². The zero-order valence-electron chi connectivity index (χ0n) is 14.2. The van der Waals surface area contributed by atoms with Crippen molar-refractivity contribution in [2.75, 3.05) is 18.0 Å². The van der Waals surface area contributed by atoms with Gasteiger partial charge in [-0.05, 0) is 31.2 Å². The highest BCUT2D eigenvalue weighted by Crippen LogP contribution is 2.26. The molecule has 24 heavy (non-hydrogen) atoms. The van der Waals surface area contributed by atoms with Crippen molar-refractivity contribution in [3.63, 3.8) is 0 Å². The molecule has 1 aliphatic rings. The summed E-state index contributed by atoms with van der Waals surface area (Å²) in [4.78, 5) is 24.5. The highest BCUT2D eigenvalue weighted by atomic mass is 16.6. The summed E-state index contributed by atoms with van der Waals surface area (Å²) in [5.74, 6) is 0.0909. The second kappa shape index (κ2) is 8.42. The van der Waals surface area contributed by atoms with Gasteiger partial charge in [0.15, 0.2) is 0 Å². The van der Waals surface area contributed by atoms with Crippen molar-refractivity contribution < 1.29 is 9.72 Å². The summed E-state index contributed by atoms with van der Waals surface area (Å²) < 4.78 is 0. The first-order valence-electron chi connectivity index (χ1n) is 8.32. The SMILES string of the molecule is CC(C)CC(=O)N/N=C\c1cc([N+](=O)[O-])ccc1N1CCCCC1. The first kappa shape index (κ1) is 17.9. The first-order chi connectivity index (χ1) is 11.5. The van der Waals surface area contributed by atoms with Crippen LogP contribution in [0.4, 0.5) is 11.4 Å². The maximum absolute atomic E-state index is 11.7. The lowest BCUT2D eigenvalue weighted by Crippen LogP contribution is -2.30. The second-order valence-electron chi connectivity index (χ2n) is 6.44. The molecule has 1 aliphatic heterocycles. The van der Waals surface area contributed by atoms with Crippen molar-refractivity contribution in [2.24, 2.45) is 11.0 Å². The van der Waals surface area contributed by atoms with Gasteiger partial charge in [-0.3, -0.25) is 14.9 Å². The number of rotatable bonds is 6. The number of benzene rings is 1. The van der Waals surface area contributed by atoms with Crippen LogP contribution >= 0.6 is 0 Å². The molecule has 1 aromatic carbocycles. The van der Waals surface area contributed by atoms with Crippen molar-refractivity contribution in [1.29, 1.82) is 0 Å². The molecule has 0 radical (unpaired) electrons. The van der Waals surface area contributed by atoms with E-state index in [1.807, 2.05) is 13.8 Å². The fourth-order valence-electron chi connectivity index (χ4n) is 2.77. The zero-order valence-corrected chi connectivity index (χ0v) is 14.2. The molecule has 1 fully saturated rings. The third-order valence-electron chi connectivity index (χ3n) is 3.91. The summed E-state index contributed by atoms with van der Waals surface area (Å²) in [6.07, 6.45) is 5.32. The van der Waals surface area contributed by atoms with Crippen molar-refractivity contribution in [2.45, 2.75) is 39.5 Å². The molecule has 0 unspecified atom stereocenters. The van der Waals surface area contributed by atoms with Crippen LogP contribution in [0, 0.1) is 16.0 Å². The molecule has 1 N–H and O–H groups in total. The van der Waals surface area contributed by atoms with Crippen LogP contribution in [0.25, 0.3) is 0 Å². The van der Waals surface area contributed by atoms with Gasteiger partial charge >= 0.3 is 0 Å². The molecule has 0 saturated carbocycles. The molecule has 0 bridgehead atoms. The molecule has 0 atom stereocenters. The van der Waals surface area contributed by atoms with Crippen LogP contribution in [0.1, 0.15) is 45.1 Å². The fraction of sp³-hybridized carbons (Fsp3) is 0.529. The molecule has 0 aliphatic carbocycles. The van der Waals surface area contributed by atoms with Gasteiger partial charge in [-0.15, -0.1) is 0 Å². The number of carbonyl (C=O) groups is 1. The molecule has 0 spiro atoms. The Morgan fingerprint density at radius 1 is 1.38 bits per heavy atom. The number of carbonyl (C=O) groups excluding carboxylic acids is 1. The smallest absolute Gasteiger partial charge is 0.270 e. The van der Waals surface area contributed by atoms with E-state index >= 15 is 0 Å². The van der Waals surface area contributed by atoms with Crippen LogP contribution in [0.15, 0.2) is 23.3 Å². The van der Waals surface area contributed by atoms with E-state index in [2.05, 4.69) is 15.4 Å². The second-order valence-corrected chi connectivity index (χ2v) is 6.44. The monoisotopic (exact) mass is 332 g/mol. The van der Waals surface area contributed by atoms with Crippen molar-refractivity contribution >= 4 is 23.5 Å². The summed E-state index contributed by atoms with van der Waals surface area (Å²) in [6, 6.07) is 4.78. The van der Waals surface area contributed by atoms with Gasteiger partial charge in [0, 0.05) is 42.9 Å². The van der Waals surface area contributed by atoms with Gasteiger partial charge in [0.05, 0.1) is 11.1 Å². The van der Waals surface area contributed by atoms with Gasteiger partial charge in [-0.2, -0.15) is 5.10 Å². The van der Waals surface area contributed by atoms with E-state index in [1.54, 1.807) is 6.07 Å². The average molecular weight is 332 g/mol. The fourth-order valence-corrected chi connectivity index (χ4v) is 2.77. The highest BCUT2D eigenvalue weighted by Gasteiger charge is 2.17. The lowest BCUT2D eigenvalue weighted by molar-refractivity contribution is -0.384. The highest BCUT2D eigenvalue weighted by molar-refractivity contribution is 5.90. The molecule has 7 heteroatoms. The third kappa shape index (κ3) is 5.04. The number of nitrogens with one attached hydrogen (secondary N) is 1. The average Bonchev–Trinajstić information content (AvgIpc) is 2.54. The molecule has 2 rings (SSSR count). The van der Waals surface area contributed by atoms with Gasteiger partial charge in [-0.25, -0.2) is 5.43 Å². The van der Waals surface area contributed by atoms with Gasteiger partial charge in [0.1, 0.15) is 0 Å². The number of nitrogens with zero attached hydrogens (tertiary/aromatic N) is 3. The van der Waals surface area contributed by atoms with Crippen LogP contribution in [0.2, 0.25) is 0 Å². The number of piperidine rings is 1. The Morgan fingerprint density at radius 3 is 2.71 bits per heavy atom. The van der Waals surface area contributed by atoms with Gasteiger partial charge < -0.3 is 4.90 Å². The minimum Gasteiger partial charge on any atom is -0.371 e. The number of non-ortho nitro benzene ring substituents is 1. The van der Waals surface area contributed by atoms with E-state index in [1.165, 1.54) is 24.8 Å². The Hall–Kier alpha value is -2.44. The Bertz CT molecular complexity index is 622. The quantitative estimate of drug-likeness (QED) is 0.492. The number of hydrazone groups is 1. The van der Waals surface area contributed by atoms with E-state index in [-0.39, 0.29) is 17.5 Å². The van der Waals surface area contributed by atoms with E-state index in [0.717, 1.165) is 31.6 Å². The van der Waals surface area contributed by atoms with Gasteiger partial charge in [0.25, 0.3) is 5.69 Å². The van der Waals surface area contributed by atoms with E-state index < -0.39 is 4.92 Å². The topological polar surface area (TPSA) is 87.8 Å². The largest absolute Gasteiger partial charge is 0.371 e. The minimum absolute atomic E-state index is 0.0192. The molecular weight excluding hydrogens is 308 g/mol. The number of hydrogen-bond donors (Lipinski definition) is 1. The number of anilines is 1. The van der Waals surface area contributed by atoms with Crippen LogP contribution < -0.4 is 10.3 Å². The summed E-state index contributed by atoms with van der Waals surface area (Å²) in [6.45, 7) is 5.77. The molecular formula is C17H24N4O3. The number of nitro groups is 1. The molecule has 7 nitrogen and oxygen atoms in total. The van der Waals surface area contributed by atoms with Crippen LogP contribution in [0.3, 0.4) is 0 Å². The van der Waals surface area contributed by atoms with E-state index in [9.17, 15) is 14.9 Å². The molecule has 0 aromatic heterocycles. The van der Waals surface area contributed by atoms with E-state index in [0.29, 0.717) is 12.0 Å². The van der Waals surface area contributed by atoms with Crippen LogP contribution in [-0.4, -0.2) is 30.1 Å². The predicted molar refractivity (Wildman–Crippen MR) is 94.4 cm³/mol. The van der Waals surface area contributed by atoms with Crippen LogP contribution in [-0.2, 0) is 4.79 Å². The number of amides is 1. The minimum atomic E-state index is -0.422. The van der Waals surface area contributed by atoms with Crippen molar-refractivity contribution in [1.82, 2.24) is 5.43 Å². The predicted octanol–water partition coefficient (Wildman–Crippen LogP) is 3.08. The van der Waals surface area contributed by atoms with Crippen molar-refractivity contribution in [3.8, 4) is 0 Å². The summed E-state index contributed by atoms with van der Waals surface area (Å²) in [7, 11) is 0. The maximum atomic E-state index is 11.7. The summed E-state index contributed by atoms with van der Waals surface area (Å²) in [5.41, 5.74) is 4.07. The molecule has 1 aromatic rings. The Morgan fingerprint density at radius 2 is 2.08 bits per heavy atom. The molecule has 1 saturated heterocycles. The zero-order chi connectivity index (χ0) is 17.5. The Balaban J connectivity index is 2.19. The van der Waals surface area contributed by atoms with Crippen molar-refractivity contribution in [3.05, 3.63) is 33.9 Å². The summed E-state index contributed by atoms with van der Waals surface area (Å²) in [5, 5.41) is 15.0. The number of hydrogen-bond acceptors (Lipinski definition) is 5. The maximum Gasteiger partial charge on any atom is 0.270 e. The van der Waals surface area contributed by atoms with Gasteiger partial charge in [0.2, 0.25) is 5.91 Å². The third-order valence-corrected chi connectivity index (χ3v) is 3.91. The Labute approximate surface area is 141 Å².